The van der Waals surface area contributed by atoms with Crippen molar-refractivity contribution in [1.29, 1.82) is 0 Å². The molecule has 0 heterocycles. The van der Waals surface area contributed by atoms with Crippen LogP contribution in [0, 0.1) is 5.92 Å². The van der Waals surface area contributed by atoms with Crippen LogP contribution in [0.4, 0.5) is 0 Å². The first-order valence-electron chi connectivity index (χ1n) is 7.40. The maximum atomic E-state index is 10.0. The van der Waals surface area contributed by atoms with Gasteiger partial charge in [0.15, 0.2) is 0 Å². The monoisotopic (exact) mass is 242 g/mol. The van der Waals surface area contributed by atoms with Gasteiger partial charge in [0.2, 0.25) is 0 Å². The Bertz CT molecular complexity index is 157. The van der Waals surface area contributed by atoms with Crippen LogP contribution in [0.3, 0.4) is 0 Å². The smallest absolute Gasteiger partial charge is 0.293 e. The molecule has 0 rings (SSSR count). The summed E-state index contributed by atoms with van der Waals surface area (Å²) in [6, 6.07) is 0. The molecule has 0 aromatic rings. The summed E-state index contributed by atoms with van der Waals surface area (Å²) in [7, 11) is 0. The molecule has 0 aliphatic heterocycles. The molecular weight excluding hydrogens is 212 g/mol. The molecule has 0 bridgehead atoms. The fourth-order valence-corrected chi connectivity index (χ4v) is 2.29. The van der Waals surface area contributed by atoms with Crippen molar-refractivity contribution in [2.24, 2.45) is 5.92 Å². The highest BCUT2D eigenvalue weighted by Crippen LogP contribution is 2.22. The Hall–Kier alpha value is -0.530. The minimum Gasteiger partial charge on any atom is -0.468 e. The third-order valence-corrected chi connectivity index (χ3v) is 3.37. The fourth-order valence-electron chi connectivity index (χ4n) is 2.29. The molecule has 2 nitrogen and oxygen atoms in total. The van der Waals surface area contributed by atoms with Crippen molar-refractivity contribution in [2.75, 3.05) is 6.61 Å². The van der Waals surface area contributed by atoms with E-state index in [1.165, 1.54) is 57.8 Å². The standard InChI is InChI=1S/C15H30O2/c1-3-5-7-8-11-15(10-6-4-2)12-9-13-17-14-16/h14-15H,3-13H2,1-2H3. The molecule has 0 aliphatic carbocycles. The molecule has 17 heavy (non-hydrogen) atoms. The molecule has 0 N–H and O–H groups in total. The molecule has 0 amide bonds. The van der Waals surface area contributed by atoms with Crippen LogP contribution in [0.1, 0.15) is 78.1 Å². The Kier molecular flexibility index (Phi) is 13.1. The molecule has 0 aliphatic rings. The van der Waals surface area contributed by atoms with E-state index in [0.717, 1.165) is 12.3 Å². The first kappa shape index (κ1) is 16.5. The first-order chi connectivity index (χ1) is 8.35. The van der Waals surface area contributed by atoms with Crippen molar-refractivity contribution >= 4 is 6.47 Å². The highest BCUT2D eigenvalue weighted by atomic mass is 16.5. The second kappa shape index (κ2) is 13.5. The third-order valence-electron chi connectivity index (χ3n) is 3.37. The van der Waals surface area contributed by atoms with Gasteiger partial charge in [0.05, 0.1) is 6.61 Å². The molecule has 102 valence electrons. The summed E-state index contributed by atoms with van der Waals surface area (Å²) >= 11 is 0. The lowest BCUT2D eigenvalue weighted by Gasteiger charge is -2.16. The minimum absolute atomic E-state index is 0.558. The van der Waals surface area contributed by atoms with Crippen LogP contribution < -0.4 is 0 Å². The Morgan fingerprint density at radius 2 is 1.53 bits per heavy atom. The van der Waals surface area contributed by atoms with E-state index < -0.39 is 0 Å². The lowest BCUT2D eigenvalue weighted by atomic mass is 9.91. The third kappa shape index (κ3) is 11.7. The highest BCUT2D eigenvalue weighted by molar-refractivity contribution is 5.36. The second-order valence-electron chi connectivity index (χ2n) is 4.97. The van der Waals surface area contributed by atoms with Crippen LogP contribution in [0.25, 0.3) is 0 Å². The lowest BCUT2D eigenvalue weighted by Crippen LogP contribution is -2.03. The number of ether oxygens (including phenoxy) is 1. The maximum absolute atomic E-state index is 10.0. The molecule has 0 spiro atoms. The van der Waals surface area contributed by atoms with Gasteiger partial charge in [-0.25, -0.2) is 0 Å². The van der Waals surface area contributed by atoms with Gasteiger partial charge in [-0.1, -0.05) is 65.2 Å². The van der Waals surface area contributed by atoms with Gasteiger partial charge in [-0.2, -0.15) is 0 Å². The molecule has 0 fully saturated rings. The largest absolute Gasteiger partial charge is 0.468 e. The van der Waals surface area contributed by atoms with Gasteiger partial charge in [0.25, 0.3) is 6.47 Å². The zero-order valence-corrected chi connectivity index (χ0v) is 11.7. The normalized spacial score (nSPS) is 12.4. The molecule has 0 saturated heterocycles. The number of hydrogen-bond donors (Lipinski definition) is 0. The molecular formula is C15H30O2. The Balaban J connectivity index is 3.59. The van der Waals surface area contributed by atoms with Crippen molar-refractivity contribution in [3.63, 3.8) is 0 Å². The number of carbonyl (C=O) groups excluding carboxylic acids is 1. The number of carbonyl (C=O) groups is 1. The summed E-state index contributed by atoms with van der Waals surface area (Å²) < 4.78 is 4.75. The van der Waals surface area contributed by atoms with E-state index in [1.807, 2.05) is 0 Å². The minimum atomic E-state index is 0.558. The summed E-state index contributed by atoms with van der Waals surface area (Å²) in [5.41, 5.74) is 0. The van der Waals surface area contributed by atoms with Crippen LogP contribution in [0.5, 0.6) is 0 Å². The van der Waals surface area contributed by atoms with Crippen molar-refractivity contribution < 1.29 is 9.53 Å². The summed E-state index contributed by atoms with van der Waals surface area (Å²) in [5.74, 6) is 0.849. The van der Waals surface area contributed by atoms with Crippen LogP contribution in [0.2, 0.25) is 0 Å². The zero-order chi connectivity index (χ0) is 12.8. The molecule has 0 aromatic carbocycles. The topological polar surface area (TPSA) is 26.3 Å². The molecule has 0 radical (unpaired) electrons. The quantitative estimate of drug-likeness (QED) is 0.345. The van der Waals surface area contributed by atoms with E-state index in [9.17, 15) is 4.79 Å². The second-order valence-corrected chi connectivity index (χ2v) is 4.97. The lowest BCUT2D eigenvalue weighted by molar-refractivity contribution is -0.128. The summed E-state index contributed by atoms with van der Waals surface area (Å²) in [6.07, 6.45) is 13.0. The van der Waals surface area contributed by atoms with Gasteiger partial charge >= 0.3 is 0 Å². The predicted octanol–water partition coefficient (Wildman–Crippen LogP) is 4.72. The molecule has 0 saturated carbocycles. The summed E-state index contributed by atoms with van der Waals surface area (Å²) in [4.78, 5) is 10.0. The van der Waals surface area contributed by atoms with Gasteiger partial charge in [-0.15, -0.1) is 0 Å². The number of unbranched alkanes of at least 4 members (excludes halogenated alkanes) is 4. The SMILES string of the molecule is CCCCCCC(CCCC)CCCOC=O. The van der Waals surface area contributed by atoms with Gasteiger partial charge in [-0.3, -0.25) is 4.79 Å². The molecule has 1 atom stereocenters. The Labute approximate surface area is 107 Å². The summed E-state index contributed by atoms with van der Waals surface area (Å²) in [5, 5.41) is 0. The van der Waals surface area contributed by atoms with E-state index >= 15 is 0 Å². The first-order valence-corrected chi connectivity index (χ1v) is 7.40. The number of hydrogen-bond acceptors (Lipinski definition) is 2. The van der Waals surface area contributed by atoms with Crippen molar-refractivity contribution in [1.82, 2.24) is 0 Å². The van der Waals surface area contributed by atoms with Crippen molar-refractivity contribution in [3.8, 4) is 0 Å². The fraction of sp³-hybridized carbons (Fsp3) is 0.933. The van der Waals surface area contributed by atoms with E-state index in [-0.39, 0.29) is 0 Å². The van der Waals surface area contributed by atoms with E-state index in [1.54, 1.807) is 0 Å². The molecule has 1 unspecified atom stereocenters. The van der Waals surface area contributed by atoms with Gasteiger partial charge < -0.3 is 4.74 Å². The summed E-state index contributed by atoms with van der Waals surface area (Å²) in [6.45, 7) is 5.67. The predicted molar refractivity (Wildman–Crippen MR) is 73.0 cm³/mol. The average molecular weight is 242 g/mol. The highest BCUT2D eigenvalue weighted by Gasteiger charge is 2.07. The van der Waals surface area contributed by atoms with E-state index in [0.29, 0.717) is 13.1 Å². The van der Waals surface area contributed by atoms with Crippen LogP contribution in [0.15, 0.2) is 0 Å². The maximum Gasteiger partial charge on any atom is 0.293 e. The van der Waals surface area contributed by atoms with Gasteiger partial charge in [-0.05, 0) is 18.8 Å². The molecule has 0 aromatic heterocycles. The Morgan fingerprint density at radius 1 is 0.882 bits per heavy atom. The van der Waals surface area contributed by atoms with E-state index in [2.05, 4.69) is 13.8 Å². The number of rotatable bonds is 13. The zero-order valence-electron chi connectivity index (χ0n) is 11.7. The van der Waals surface area contributed by atoms with Crippen LogP contribution in [-0.4, -0.2) is 13.1 Å². The van der Waals surface area contributed by atoms with Gasteiger partial charge in [0.1, 0.15) is 0 Å². The van der Waals surface area contributed by atoms with E-state index in [4.69, 9.17) is 4.74 Å². The molecule has 2 heteroatoms. The van der Waals surface area contributed by atoms with Crippen molar-refractivity contribution in [3.05, 3.63) is 0 Å². The Morgan fingerprint density at radius 3 is 2.18 bits per heavy atom. The average Bonchev–Trinajstić information content (AvgIpc) is 2.35. The van der Waals surface area contributed by atoms with Crippen molar-refractivity contribution in [2.45, 2.75) is 78.1 Å². The van der Waals surface area contributed by atoms with Crippen LogP contribution in [-0.2, 0) is 9.53 Å². The van der Waals surface area contributed by atoms with Crippen LogP contribution >= 0.6 is 0 Å². The van der Waals surface area contributed by atoms with Gasteiger partial charge in [0, 0.05) is 0 Å².